The molecule has 1 heterocycles. The van der Waals surface area contributed by atoms with E-state index in [-0.39, 0.29) is 6.10 Å². The van der Waals surface area contributed by atoms with Crippen molar-refractivity contribution in [1.29, 1.82) is 0 Å². The predicted octanol–water partition coefficient (Wildman–Crippen LogP) is 1.44. The summed E-state index contributed by atoms with van der Waals surface area (Å²) in [6.07, 6.45) is 4.60. The molecule has 0 bridgehead atoms. The summed E-state index contributed by atoms with van der Waals surface area (Å²) in [6, 6.07) is 1.65. The van der Waals surface area contributed by atoms with Crippen molar-refractivity contribution < 1.29 is 14.3 Å². The molecule has 0 aromatic carbocycles. The highest BCUT2D eigenvalue weighted by molar-refractivity contribution is 5.75. The maximum atomic E-state index is 10.5. The maximum absolute atomic E-state index is 10.5. The quantitative estimate of drug-likeness (QED) is 0.679. The number of carbonyl (C=O) groups excluding carboxylic acids is 1. The van der Waals surface area contributed by atoms with Gasteiger partial charge in [-0.05, 0) is 18.9 Å². The van der Waals surface area contributed by atoms with E-state index in [0.717, 1.165) is 19.1 Å². The zero-order chi connectivity index (χ0) is 9.97. The summed E-state index contributed by atoms with van der Waals surface area (Å²) in [5.74, 6) is 0.988. The smallest absolute Gasteiger partial charge is 0.256 e. The van der Waals surface area contributed by atoms with Gasteiger partial charge in [-0.15, -0.1) is 0 Å². The fourth-order valence-corrected chi connectivity index (χ4v) is 1.11. The number of methoxy groups -OCH3 is 1. The number of hydrogen-bond donors (Lipinski definition) is 0. The Morgan fingerprint density at radius 1 is 1.57 bits per heavy atom. The molecule has 1 aliphatic rings. The molecule has 1 aromatic heterocycles. The van der Waals surface area contributed by atoms with Crippen molar-refractivity contribution in [1.82, 2.24) is 4.98 Å². The first-order valence-corrected chi connectivity index (χ1v) is 4.49. The van der Waals surface area contributed by atoms with Crippen LogP contribution in [0.3, 0.4) is 0 Å². The van der Waals surface area contributed by atoms with Crippen molar-refractivity contribution in [3.8, 4) is 11.6 Å². The third-order valence-electron chi connectivity index (χ3n) is 1.99. The van der Waals surface area contributed by atoms with Crippen LogP contribution < -0.4 is 9.47 Å². The van der Waals surface area contributed by atoms with Gasteiger partial charge in [-0.1, -0.05) is 0 Å². The molecule has 0 spiro atoms. The van der Waals surface area contributed by atoms with Gasteiger partial charge in [0.15, 0.2) is 12.0 Å². The van der Waals surface area contributed by atoms with E-state index in [2.05, 4.69) is 4.98 Å². The molecule has 4 nitrogen and oxygen atoms in total. The molecule has 1 fully saturated rings. The van der Waals surface area contributed by atoms with Crippen LogP contribution in [0.5, 0.6) is 11.6 Å². The van der Waals surface area contributed by atoms with Crippen molar-refractivity contribution >= 4 is 6.29 Å². The molecule has 0 radical (unpaired) electrons. The molecule has 0 saturated heterocycles. The van der Waals surface area contributed by atoms with Crippen molar-refractivity contribution in [2.45, 2.75) is 18.9 Å². The summed E-state index contributed by atoms with van der Waals surface area (Å²) in [7, 11) is 1.53. The number of nitrogens with zero attached hydrogens (tertiary/aromatic N) is 1. The van der Waals surface area contributed by atoms with Crippen LogP contribution >= 0.6 is 0 Å². The standard InChI is InChI=1S/C10H11NO3/c1-13-10-9(14-8-2-3-8)4-7(6-12)5-11-10/h4-6,8H,2-3H2,1H3. The highest BCUT2D eigenvalue weighted by Gasteiger charge is 2.25. The van der Waals surface area contributed by atoms with Crippen molar-refractivity contribution in [2.24, 2.45) is 0 Å². The Morgan fingerprint density at radius 3 is 2.93 bits per heavy atom. The second-order valence-corrected chi connectivity index (χ2v) is 3.21. The average Bonchev–Trinajstić information content (AvgIpc) is 3.01. The maximum Gasteiger partial charge on any atom is 0.256 e. The molecule has 1 aromatic rings. The van der Waals surface area contributed by atoms with E-state index in [1.54, 1.807) is 6.07 Å². The fourth-order valence-electron chi connectivity index (χ4n) is 1.11. The number of hydrogen-bond acceptors (Lipinski definition) is 4. The molecular weight excluding hydrogens is 182 g/mol. The minimum atomic E-state index is 0.271. The Balaban J connectivity index is 2.26. The van der Waals surface area contributed by atoms with Crippen LogP contribution in [-0.4, -0.2) is 24.5 Å². The molecule has 74 valence electrons. The Labute approximate surface area is 81.9 Å². The summed E-state index contributed by atoms with van der Waals surface area (Å²) in [5, 5.41) is 0. The molecule has 0 N–H and O–H groups in total. The highest BCUT2D eigenvalue weighted by Crippen LogP contribution is 2.32. The molecule has 0 amide bonds. The zero-order valence-corrected chi connectivity index (χ0v) is 7.90. The van der Waals surface area contributed by atoms with Crippen LogP contribution in [0.15, 0.2) is 12.3 Å². The van der Waals surface area contributed by atoms with Crippen molar-refractivity contribution in [2.75, 3.05) is 7.11 Å². The number of aromatic nitrogens is 1. The van der Waals surface area contributed by atoms with E-state index in [4.69, 9.17) is 9.47 Å². The second-order valence-electron chi connectivity index (χ2n) is 3.21. The van der Waals surface area contributed by atoms with Gasteiger partial charge in [0, 0.05) is 11.8 Å². The van der Waals surface area contributed by atoms with Crippen LogP contribution in [0.25, 0.3) is 0 Å². The molecule has 0 atom stereocenters. The van der Waals surface area contributed by atoms with E-state index >= 15 is 0 Å². The van der Waals surface area contributed by atoms with Gasteiger partial charge in [0.05, 0.1) is 13.2 Å². The summed E-state index contributed by atoms with van der Waals surface area (Å²) >= 11 is 0. The Morgan fingerprint density at radius 2 is 2.36 bits per heavy atom. The first kappa shape index (κ1) is 8.99. The number of aldehydes is 1. The SMILES string of the molecule is COc1ncc(C=O)cc1OC1CC1. The van der Waals surface area contributed by atoms with E-state index in [1.165, 1.54) is 13.3 Å². The minimum absolute atomic E-state index is 0.271. The first-order valence-electron chi connectivity index (χ1n) is 4.49. The van der Waals surface area contributed by atoms with Gasteiger partial charge in [-0.2, -0.15) is 0 Å². The van der Waals surface area contributed by atoms with Gasteiger partial charge in [-0.25, -0.2) is 4.98 Å². The fraction of sp³-hybridized carbons (Fsp3) is 0.400. The van der Waals surface area contributed by atoms with Crippen LogP contribution in [0.4, 0.5) is 0 Å². The van der Waals surface area contributed by atoms with Gasteiger partial charge in [0.1, 0.15) is 0 Å². The lowest BCUT2D eigenvalue weighted by atomic mass is 10.3. The molecule has 0 unspecified atom stereocenters. The third-order valence-corrected chi connectivity index (χ3v) is 1.99. The first-order chi connectivity index (χ1) is 6.83. The van der Waals surface area contributed by atoms with Crippen molar-refractivity contribution in [3.05, 3.63) is 17.8 Å². The topological polar surface area (TPSA) is 48.4 Å². The van der Waals surface area contributed by atoms with Gasteiger partial charge in [0.25, 0.3) is 5.88 Å². The van der Waals surface area contributed by atoms with E-state index in [9.17, 15) is 4.79 Å². The van der Waals surface area contributed by atoms with Crippen LogP contribution in [0.2, 0.25) is 0 Å². The lowest BCUT2D eigenvalue weighted by Crippen LogP contribution is -2.00. The summed E-state index contributed by atoms with van der Waals surface area (Å²) in [4.78, 5) is 14.5. The van der Waals surface area contributed by atoms with Crippen molar-refractivity contribution in [3.63, 3.8) is 0 Å². The highest BCUT2D eigenvalue weighted by atomic mass is 16.5. The van der Waals surface area contributed by atoms with Crippen LogP contribution in [0.1, 0.15) is 23.2 Å². The van der Waals surface area contributed by atoms with Crippen LogP contribution in [0, 0.1) is 0 Å². The lowest BCUT2D eigenvalue weighted by Gasteiger charge is -2.08. The number of carbonyl (C=O) groups is 1. The monoisotopic (exact) mass is 193 g/mol. The van der Waals surface area contributed by atoms with E-state index in [1.807, 2.05) is 0 Å². The zero-order valence-electron chi connectivity index (χ0n) is 7.90. The Kier molecular flexibility index (Phi) is 2.35. The van der Waals surface area contributed by atoms with E-state index < -0.39 is 0 Å². The van der Waals surface area contributed by atoms with E-state index in [0.29, 0.717) is 17.2 Å². The molecule has 4 heteroatoms. The Hall–Kier alpha value is -1.58. The molecule has 1 saturated carbocycles. The molecule has 1 aliphatic carbocycles. The van der Waals surface area contributed by atoms with Crippen LogP contribution in [-0.2, 0) is 0 Å². The summed E-state index contributed by atoms with van der Waals surface area (Å²) in [5.41, 5.74) is 0.501. The number of rotatable bonds is 4. The number of ether oxygens (including phenoxy) is 2. The molecule has 0 aliphatic heterocycles. The minimum Gasteiger partial charge on any atom is -0.485 e. The largest absolute Gasteiger partial charge is 0.485 e. The van der Waals surface area contributed by atoms with Gasteiger partial charge < -0.3 is 9.47 Å². The summed E-state index contributed by atoms with van der Waals surface area (Å²) in [6.45, 7) is 0. The number of pyridine rings is 1. The average molecular weight is 193 g/mol. The van der Waals surface area contributed by atoms with Gasteiger partial charge >= 0.3 is 0 Å². The summed E-state index contributed by atoms with van der Waals surface area (Å²) < 4.78 is 10.6. The van der Waals surface area contributed by atoms with Gasteiger partial charge in [0.2, 0.25) is 0 Å². The Bertz CT molecular complexity index is 347. The molecular formula is C10H11NO3. The molecule has 2 rings (SSSR count). The predicted molar refractivity (Wildman–Crippen MR) is 49.8 cm³/mol. The molecule has 14 heavy (non-hydrogen) atoms. The lowest BCUT2D eigenvalue weighted by molar-refractivity contribution is 0.112. The third kappa shape index (κ3) is 1.84. The normalized spacial score (nSPS) is 14.9. The second kappa shape index (κ2) is 3.65. The van der Waals surface area contributed by atoms with Gasteiger partial charge in [-0.3, -0.25) is 4.79 Å².